The van der Waals surface area contributed by atoms with Crippen LogP contribution in [0.3, 0.4) is 0 Å². The van der Waals surface area contributed by atoms with E-state index in [0.29, 0.717) is 121 Å². The maximum absolute atomic E-state index is 7.17. The van der Waals surface area contributed by atoms with Crippen LogP contribution in [-0.2, 0) is 0 Å². The summed E-state index contributed by atoms with van der Waals surface area (Å²) in [4.78, 5) is 0. The minimum atomic E-state index is -0.481. The van der Waals surface area contributed by atoms with Crippen molar-refractivity contribution in [1.82, 2.24) is 0 Å². The smallest absolute Gasteiger partial charge is 0.172 e. The molecule has 16 nitrogen and oxygen atoms in total. The molecule has 0 saturated heterocycles. The monoisotopic (exact) mass is 1210 g/mol. The van der Waals surface area contributed by atoms with Crippen molar-refractivity contribution in [1.29, 1.82) is 0 Å². The van der Waals surface area contributed by atoms with E-state index in [1.807, 2.05) is 24.3 Å². The Morgan fingerprint density at radius 1 is 0.214 bits per heavy atom. The summed E-state index contributed by atoms with van der Waals surface area (Å²) in [5.41, 5.74) is 61.6. The summed E-state index contributed by atoms with van der Waals surface area (Å²) < 4.78 is 57.3. The predicted molar refractivity (Wildman–Crippen MR) is 335 cm³/mol. The van der Waals surface area contributed by atoms with Crippen LogP contribution < -0.4 is 83.8 Å². The third kappa shape index (κ3) is 9.77. The first-order valence-corrected chi connectivity index (χ1v) is 30.0. The van der Waals surface area contributed by atoms with E-state index in [1.54, 1.807) is 48.5 Å². The fourth-order valence-electron chi connectivity index (χ4n) is 12.3. The molecule has 0 radical (unpaired) electrons. The lowest BCUT2D eigenvalue weighted by Crippen LogP contribution is -2.13. The van der Waals surface area contributed by atoms with Gasteiger partial charge in [0.15, 0.2) is 46.0 Å². The largest absolute Gasteiger partial charge is 0.453 e. The van der Waals surface area contributed by atoms with Crippen LogP contribution in [0.15, 0.2) is 97.1 Å². The summed E-state index contributed by atoms with van der Waals surface area (Å²) in [6, 6.07) is 29.5. The van der Waals surface area contributed by atoms with Gasteiger partial charge in [-0.3, -0.25) is 0 Å². The number of nitrogen functional groups attached to an aromatic ring is 8. The summed E-state index contributed by atoms with van der Waals surface area (Å²) in [5, 5.41) is 0. The number of anilines is 8. The first kappa shape index (κ1) is 54.9. The maximum Gasteiger partial charge on any atom is 0.172 e. The van der Waals surface area contributed by atoms with Gasteiger partial charge in [-0.25, -0.2) is 0 Å². The van der Waals surface area contributed by atoms with Gasteiger partial charge in [-0.05, 0) is 75.6 Å². The molecule has 16 N–H and O–H groups in total. The SMILES string of the molecule is Nc1cc2c(cc1N)Oc1cc3c4cc1C(CCCCl)c1cc5c(cc1O2)Oc1cc(N)c(N)cc1Oc1cc2c(cc1C5CCCCl)C(CCCCl)c1cc(c(cc1Oc1cc(N)c(N)cc1O2)Oc1cc(N)c(N)cc1O3)C4CCCCl. The van der Waals surface area contributed by atoms with Gasteiger partial charge in [-0.1, -0.05) is 0 Å². The molecule has 8 aromatic carbocycles. The molecule has 0 saturated carbocycles. The maximum atomic E-state index is 7.17. The molecule has 5 aliphatic rings. The van der Waals surface area contributed by atoms with Crippen LogP contribution in [0.25, 0.3) is 0 Å². The van der Waals surface area contributed by atoms with Crippen molar-refractivity contribution >= 4 is 91.9 Å². The van der Waals surface area contributed by atoms with E-state index in [-0.39, 0.29) is 91.5 Å². The number of ether oxygens (including phenoxy) is 8. The minimum absolute atomic E-state index is 0.276. The molecule has 0 unspecified atom stereocenters. The van der Waals surface area contributed by atoms with E-state index in [1.165, 1.54) is 0 Å². The quantitative estimate of drug-likeness (QED) is 0.0417. The Kier molecular flexibility index (Phi) is 14.4. The molecule has 4 heterocycles. The third-order valence-corrected chi connectivity index (χ3v) is 17.5. The van der Waals surface area contributed by atoms with Crippen molar-refractivity contribution in [2.24, 2.45) is 0 Å². The first-order chi connectivity index (χ1) is 40.7. The van der Waals surface area contributed by atoms with Crippen molar-refractivity contribution in [3.63, 3.8) is 0 Å². The molecule has 0 spiro atoms. The van der Waals surface area contributed by atoms with E-state index in [9.17, 15) is 0 Å². The van der Waals surface area contributed by atoms with Crippen molar-refractivity contribution in [2.45, 2.75) is 75.0 Å². The van der Waals surface area contributed by atoms with Gasteiger partial charge in [-0.2, -0.15) is 0 Å². The highest BCUT2D eigenvalue weighted by molar-refractivity contribution is 6.18. The van der Waals surface area contributed by atoms with Crippen LogP contribution in [-0.4, -0.2) is 23.5 Å². The zero-order chi connectivity index (χ0) is 58.2. The third-order valence-electron chi connectivity index (χ3n) is 16.4. The Labute approximate surface area is 504 Å². The molecule has 8 bridgehead atoms. The molecule has 20 heteroatoms. The van der Waals surface area contributed by atoms with E-state index >= 15 is 0 Å². The lowest BCUT2D eigenvalue weighted by Gasteiger charge is -2.30. The zero-order valence-electron chi connectivity index (χ0n) is 45.4. The van der Waals surface area contributed by atoms with Gasteiger partial charge in [0, 0.05) is 164 Å². The van der Waals surface area contributed by atoms with Gasteiger partial charge in [0.1, 0.15) is 46.0 Å². The van der Waals surface area contributed by atoms with Crippen molar-refractivity contribution in [3.05, 3.63) is 142 Å². The summed E-state index contributed by atoms with van der Waals surface area (Å²) in [7, 11) is 0. The van der Waals surface area contributed by atoms with Gasteiger partial charge in [0.2, 0.25) is 0 Å². The summed E-state index contributed by atoms with van der Waals surface area (Å²) in [6.45, 7) is 0. The highest BCUT2D eigenvalue weighted by Crippen LogP contribution is 2.60. The molecule has 432 valence electrons. The van der Waals surface area contributed by atoms with Crippen LogP contribution in [0.5, 0.6) is 92.0 Å². The Balaban J connectivity index is 1.25. The van der Waals surface area contributed by atoms with Gasteiger partial charge in [0.25, 0.3) is 0 Å². The molecular weight excluding hydrogens is 1150 g/mol. The van der Waals surface area contributed by atoms with E-state index in [2.05, 4.69) is 24.3 Å². The van der Waals surface area contributed by atoms with Crippen LogP contribution in [0.2, 0.25) is 0 Å². The van der Waals surface area contributed by atoms with Crippen LogP contribution in [0, 0.1) is 0 Å². The van der Waals surface area contributed by atoms with Gasteiger partial charge < -0.3 is 83.8 Å². The normalized spacial score (nSPS) is 17.1. The number of rotatable bonds is 12. The zero-order valence-corrected chi connectivity index (χ0v) is 48.5. The second-order valence-electron chi connectivity index (χ2n) is 21.8. The fraction of sp³-hybridized carbons (Fsp3) is 0.250. The van der Waals surface area contributed by atoms with E-state index in [0.717, 1.165) is 44.5 Å². The Hall–Kier alpha value is -8.28. The Bertz CT molecular complexity index is 3270. The second-order valence-corrected chi connectivity index (χ2v) is 23.3. The van der Waals surface area contributed by atoms with Gasteiger partial charge in [-0.15, -0.1) is 46.4 Å². The lowest BCUT2D eigenvalue weighted by atomic mass is 9.76. The molecule has 0 aromatic heterocycles. The predicted octanol–water partition coefficient (Wildman–Crippen LogP) is 16.9. The first-order valence-electron chi connectivity index (χ1n) is 27.8. The summed E-state index contributed by atoms with van der Waals surface area (Å²) in [5.74, 6) is 5.26. The van der Waals surface area contributed by atoms with Gasteiger partial charge >= 0.3 is 0 Å². The molecule has 1 aliphatic carbocycles. The van der Waals surface area contributed by atoms with Crippen LogP contribution in [0.4, 0.5) is 45.5 Å². The number of alkyl halides is 4. The summed E-state index contributed by atoms with van der Waals surface area (Å²) in [6.07, 6.45) is 4.45. The number of nitrogens with two attached hydrogens (primary N) is 8. The highest BCUT2D eigenvalue weighted by atomic mass is 35.5. The number of hydrogen-bond acceptors (Lipinski definition) is 16. The Morgan fingerprint density at radius 3 is 0.488 bits per heavy atom. The summed E-state index contributed by atoms with van der Waals surface area (Å²) >= 11 is 27.0. The van der Waals surface area contributed by atoms with Crippen molar-refractivity contribution in [2.75, 3.05) is 69.4 Å². The molecule has 0 atom stereocenters. The topological polar surface area (TPSA) is 282 Å². The molecular formula is C64H60Cl4N8O8. The molecule has 8 aromatic rings. The number of fused-ring (bicyclic) bond motifs is 4. The molecule has 84 heavy (non-hydrogen) atoms. The van der Waals surface area contributed by atoms with Crippen LogP contribution >= 0.6 is 46.4 Å². The van der Waals surface area contributed by atoms with Crippen molar-refractivity contribution in [3.8, 4) is 92.0 Å². The molecule has 13 rings (SSSR count). The highest BCUT2D eigenvalue weighted by Gasteiger charge is 2.39. The lowest BCUT2D eigenvalue weighted by molar-refractivity contribution is 0.400. The average Bonchev–Trinajstić information content (AvgIpc) is 2.10. The van der Waals surface area contributed by atoms with Crippen LogP contribution in [0.1, 0.15) is 120 Å². The van der Waals surface area contributed by atoms with E-state index in [4.69, 9.17) is 130 Å². The number of hydrogen-bond donors (Lipinski definition) is 8. The second kappa shape index (κ2) is 22.0. The molecule has 0 fully saturated rings. The van der Waals surface area contributed by atoms with E-state index < -0.39 is 23.7 Å². The van der Waals surface area contributed by atoms with Gasteiger partial charge in [0.05, 0.1) is 45.5 Å². The Morgan fingerprint density at radius 2 is 0.357 bits per heavy atom. The van der Waals surface area contributed by atoms with Crippen molar-refractivity contribution < 1.29 is 37.9 Å². The average molecular weight is 1210 g/mol. The minimum Gasteiger partial charge on any atom is -0.453 e. The fourth-order valence-corrected chi connectivity index (χ4v) is 12.9. The molecule has 0 amide bonds. The number of benzene rings is 8. The molecule has 4 aliphatic heterocycles. The number of halogens is 4. The standard InChI is InChI=1S/C64H60Cl4N8O8/c65-9-1-5-29-33-13-35-30(6-2-10-66)37-15-39-32(8-4-12-68)40-16-38-31(7-3-11-67)36-14-34(29)50-26-52(36)80-60-20-44(72)46(74)22-62(60)82-54(38)28-56(40)84-64-24-48(76)47(75)23-63(64)83-55(39)27-53(37)81-61-21-45(73)43(71)19-59(61)79-51(35)25-49(33)77-57-17-41(69)42(70)18-58(57)78-50/h13-32H,1-12,69-76H2.